The van der Waals surface area contributed by atoms with E-state index >= 15 is 0 Å². The molecule has 0 fully saturated rings. The van der Waals surface area contributed by atoms with Crippen molar-refractivity contribution in [1.82, 2.24) is 14.9 Å². The maximum atomic E-state index is 4.50. The Bertz CT molecular complexity index is 532. The number of nitrogens with zero attached hydrogens (tertiary/aromatic N) is 2. The van der Waals surface area contributed by atoms with Gasteiger partial charge in [-0.1, -0.05) is 45.0 Å². The van der Waals surface area contributed by atoms with Crippen LogP contribution < -0.4 is 5.32 Å². The second-order valence-corrected chi connectivity index (χ2v) is 6.23. The Balaban J connectivity index is 2.18. The molecule has 1 heterocycles. The van der Waals surface area contributed by atoms with Crippen molar-refractivity contribution in [2.24, 2.45) is 0 Å². The first-order valence-corrected chi connectivity index (χ1v) is 7.29. The minimum Gasteiger partial charge on any atom is -0.331 e. The van der Waals surface area contributed by atoms with Gasteiger partial charge in [0.2, 0.25) is 0 Å². The zero-order chi connectivity index (χ0) is 14.6. The molecule has 0 saturated carbocycles. The van der Waals surface area contributed by atoms with Crippen LogP contribution in [0.4, 0.5) is 0 Å². The van der Waals surface area contributed by atoms with Crippen LogP contribution in [-0.4, -0.2) is 23.1 Å². The standard InChI is InChI=1S/C17H25N3/c1-17(2,3)15-8-6-14(7-9-15)16-19-11-13-20(16)12-5-10-18-4/h6-9,11,13,18H,5,10,12H2,1-4H3. The van der Waals surface area contributed by atoms with E-state index in [1.807, 2.05) is 13.2 Å². The minimum atomic E-state index is 0.195. The fraction of sp³-hybridized carbons (Fsp3) is 0.471. The molecular formula is C17H25N3. The molecule has 20 heavy (non-hydrogen) atoms. The Labute approximate surface area is 122 Å². The Hall–Kier alpha value is -1.61. The van der Waals surface area contributed by atoms with Crippen molar-refractivity contribution in [1.29, 1.82) is 0 Å². The summed E-state index contributed by atoms with van der Waals surface area (Å²) in [5.74, 6) is 1.06. The van der Waals surface area contributed by atoms with E-state index in [0.717, 1.165) is 25.3 Å². The van der Waals surface area contributed by atoms with E-state index in [9.17, 15) is 0 Å². The third kappa shape index (κ3) is 3.48. The summed E-state index contributed by atoms with van der Waals surface area (Å²) in [5.41, 5.74) is 2.74. The molecule has 0 saturated heterocycles. The number of benzene rings is 1. The van der Waals surface area contributed by atoms with E-state index in [-0.39, 0.29) is 5.41 Å². The second-order valence-electron chi connectivity index (χ2n) is 6.23. The molecule has 3 nitrogen and oxygen atoms in total. The van der Waals surface area contributed by atoms with E-state index in [1.165, 1.54) is 11.1 Å². The number of aryl methyl sites for hydroxylation is 1. The molecule has 0 aliphatic rings. The summed E-state index contributed by atoms with van der Waals surface area (Å²) in [5, 5.41) is 3.18. The first-order valence-electron chi connectivity index (χ1n) is 7.29. The Morgan fingerprint density at radius 1 is 1.15 bits per heavy atom. The van der Waals surface area contributed by atoms with Crippen LogP contribution in [0.1, 0.15) is 32.8 Å². The second kappa shape index (κ2) is 6.23. The van der Waals surface area contributed by atoms with E-state index in [0.29, 0.717) is 0 Å². The lowest BCUT2D eigenvalue weighted by atomic mass is 9.87. The molecule has 0 atom stereocenters. The largest absolute Gasteiger partial charge is 0.331 e. The summed E-state index contributed by atoms with van der Waals surface area (Å²) in [6.07, 6.45) is 5.05. The zero-order valence-electron chi connectivity index (χ0n) is 13.0. The monoisotopic (exact) mass is 271 g/mol. The number of imidazole rings is 1. The van der Waals surface area contributed by atoms with Crippen LogP contribution in [0.15, 0.2) is 36.7 Å². The van der Waals surface area contributed by atoms with Crippen molar-refractivity contribution in [2.45, 2.75) is 39.2 Å². The number of hydrogen-bond donors (Lipinski definition) is 1. The Morgan fingerprint density at radius 2 is 1.85 bits per heavy atom. The van der Waals surface area contributed by atoms with E-state index in [2.05, 4.69) is 66.1 Å². The lowest BCUT2D eigenvalue weighted by Gasteiger charge is -2.19. The maximum Gasteiger partial charge on any atom is 0.139 e. The molecule has 0 aliphatic carbocycles. The first-order chi connectivity index (χ1) is 9.52. The fourth-order valence-electron chi connectivity index (χ4n) is 2.30. The lowest BCUT2D eigenvalue weighted by Crippen LogP contribution is -2.12. The number of aromatic nitrogens is 2. The fourth-order valence-corrected chi connectivity index (χ4v) is 2.30. The highest BCUT2D eigenvalue weighted by atomic mass is 15.1. The van der Waals surface area contributed by atoms with Crippen molar-refractivity contribution in [2.75, 3.05) is 13.6 Å². The predicted octanol–water partition coefficient (Wildman–Crippen LogP) is 3.46. The number of nitrogens with one attached hydrogen (secondary N) is 1. The van der Waals surface area contributed by atoms with Gasteiger partial charge in [0.1, 0.15) is 5.82 Å². The molecule has 1 aromatic heterocycles. The summed E-state index contributed by atoms with van der Waals surface area (Å²) < 4.78 is 2.23. The van der Waals surface area contributed by atoms with Crippen molar-refractivity contribution in [3.05, 3.63) is 42.2 Å². The van der Waals surface area contributed by atoms with Crippen molar-refractivity contribution in [3.63, 3.8) is 0 Å². The lowest BCUT2D eigenvalue weighted by molar-refractivity contribution is 0.590. The van der Waals surface area contributed by atoms with Gasteiger partial charge in [0, 0.05) is 24.5 Å². The molecule has 108 valence electrons. The highest BCUT2D eigenvalue weighted by molar-refractivity contribution is 5.56. The van der Waals surface area contributed by atoms with E-state index in [1.54, 1.807) is 0 Å². The number of rotatable bonds is 5. The van der Waals surface area contributed by atoms with Crippen molar-refractivity contribution in [3.8, 4) is 11.4 Å². The minimum absolute atomic E-state index is 0.195. The molecule has 0 spiro atoms. The molecule has 2 rings (SSSR count). The highest BCUT2D eigenvalue weighted by Crippen LogP contribution is 2.25. The van der Waals surface area contributed by atoms with Gasteiger partial charge in [0.15, 0.2) is 0 Å². The average molecular weight is 271 g/mol. The number of hydrogen-bond acceptors (Lipinski definition) is 2. The molecule has 0 aliphatic heterocycles. The van der Waals surface area contributed by atoms with Crippen molar-refractivity contribution >= 4 is 0 Å². The van der Waals surface area contributed by atoms with Crippen LogP contribution in [0.2, 0.25) is 0 Å². The van der Waals surface area contributed by atoms with Gasteiger partial charge in [0.05, 0.1) is 0 Å². The first kappa shape index (κ1) is 14.8. The summed E-state index contributed by atoms with van der Waals surface area (Å²) in [7, 11) is 1.99. The molecule has 0 unspecified atom stereocenters. The highest BCUT2D eigenvalue weighted by Gasteiger charge is 2.14. The molecule has 3 heteroatoms. The van der Waals surface area contributed by atoms with Gasteiger partial charge in [-0.3, -0.25) is 0 Å². The van der Waals surface area contributed by atoms with Crippen LogP contribution >= 0.6 is 0 Å². The van der Waals surface area contributed by atoms with Crippen LogP contribution in [0.3, 0.4) is 0 Å². The van der Waals surface area contributed by atoms with Crippen molar-refractivity contribution < 1.29 is 0 Å². The van der Waals surface area contributed by atoms with Gasteiger partial charge in [0.25, 0.3) is 0 Å². The van der Waals surface area contributed by atoms with Crippen LogP contribution in [-0.2, 0) is 12.0 Å². The van der Waals surface area contributed by atoms with Crippen LogP contribution in [0.5, 0.6) is 0 Å². The predicted molar refractivity (Wildman–Crippen MR) is 84.9 cm³/mol. The van der Waals surface area contributed by atoms with Gasteiger partial charge in [-0.2, -0.15) is 0 Å². The summed E-state index contributed by atoms with van der Waals surface area (Å²) in [6.45, 7) is 8.74. The topological polar surface area (TPSA) is 29.9 Å². The van der Waals surface area contributed by atoms with E-state index < -0.39 is 0 Å². The average Bonchev–Trinajstić information content (AvgIpc) is 2.87. The third-order valence-corrected chi connectivity index (χ3v) is 3.55. The summed E-state index contributed by atoms with van der Waals surface area (Å²) in [6, 6.07) is 8.78. The van der Waals surface area contributed by atoms with Gasteiger partial charge >= 0.3 is 0 Å². The SMILES string of the molecule is CNCCCn1ccnc1-c1ccc(C(C)(C)C)cc1. The molecular weight excluding hydrogens is 246 g/mol. The van der Waals surface area contributed by atoms with Gasteiger partial charge < -0.3 is 9.88 Å². The molecule has 1 aromatic carbocycles. The van der Waals surface area contributed by atoms with Gasteiger partial charge in [-0.25, -0.2) is 4.98 Å². The smallest absolute Gasteiger partial charge is 0.139 e. The Kier molecular flexibility index (Phi) is 4.61. The van der Waals surface area contributed by atoms with Gasteiger partial charge in [-0.15, -0.1) is 0 Å². The maximum absolute atomic E-state index is 4.50. The summed E-state index contributed by atoms with van der Waals surface area (Å²) in [4.78, 5) is 4.50. The molecule has 0 bridgehead atoms. The summed E-state index contributed by atoms with van der Waals surface area (Å²) >= 11 is 0. The Morgan fingerprint density at radius 3 is 2.45 bits per heavy atom. The van der Waals surface area contributed by atoms with Crippen LogP contribution in [0.25, 0.3) is 11.4 Å². The van der Waals surface area contributed by atoms with E-state index in [4.69, 9.17) is 0 Å². The van der Waals surface area contributed by atoms with Gasteiger partial charge in [-0.05, 0) is 31.0 Å². The zero-order valence-corrected chi connectivity index (χ0v) is 13.0. The quantitative estimate of drug-likeness (QED) is 0.844. The normalized spacial score (nSPS) is 11.8. The molecule has 0 amide bonds. The molecule has 1 N–H and O–H groups in total. The molecule has 2 aromatic rings. The molecule has 0 radical (unpaired) electrons. The van der Waals surface area contributed by atoms with Crippen LogP contribution in [0, 0.1) is 0 Å². The third-order valence-electron chi connectivity index (χ3n) is 3.55.